The van der Waals surface area contributed by atoms with Crippen LogP contribution in [-0.4, -0.2) is 69.7 Å². The van der Waals surface area contributed by atoms with Gasteiger partial charge in [0.05, 0.1) is 0 Å². The first kappa shape index (κ1) is 31.2. The summed E-state index contributed by atoms with van der Waals surface area (Å²) in [5.74, 6) is 0. The molecule has 0 aromatic rings. The Labute approximate surface area is 195 Å². The molecule has 184 valence electrons. The number of hydrogen-bond acceptors (Lipinski definition) is 8. The average Bonchev–Trinajstić information content (AvgIpc) is 2.59. The Morgan fingerprint density at radius 1 is 0.484 bits per heavy atom. The van der Waals surface area contributed by atoms with Crippen LogP contribution in [0.2, 0.25) is 39.3 Å². The van der Waals surface area contributed by atoms with Crippen molar-refractivity contribution in [2.45, 2.75) is 67.0 Å². The smallest absolute Gasteiger partial charge is 0.416 e. The van der Waals surface area contributed by atoms with Crippen LogP contribution in [-0.2, 0) is 34.2 Å². The van der Waals surface area contributed by atoms with E-state index in [1.807, 2.05) is 67.0 Å². The van der Waals surface area contributed by atoms with Crippen LogP contribution in [0.5, 0.6) is 0 Å². The van der Waals surface area contributed by atoms with Crippen molar-refractivity contribution in [3.8, 4) is 0 Å². The quantitative estimate of drug-likeness (QED) is 0.238. The van der Waals surface area contributed by atoms with Crippen molar-refractivity contribution < 1.29 is 34.2 Å². The van der Waals surface area contributed by atoms with E-state index in [1.165, 1.54) is 0 Å². The van der Waals surface area contributed by atoms with Crippen LogP contribution in [0.3, 0.4) is 0 Å². The van der Waals surface area contributed by atoms with Gasteiger partial charge in [0.1, 0.15) is 0 Å². The van der Waals surface area contributed by atoms with Gasteiger partial charge in [0, 0.05) is 26.4 Å². The topological polar surface area (TPSA) is 73.8 Å². The predicted octanol–water partition coefficient (Wildman–Crippen LogP) is 4.63. The van der Waals surface area contributed by atoms with E-state index in [4.69, 9.17) is 34.2 Å². The van der Waals surface area contributed by atoms with Gasteiger partial charge in [-0.15, -0.1) is 0 Å². The van der Waals surface area contributed by atoms with Crippen LogP contribution in [0.25, 0.3) is 0 Å². The lowest BCUT2D eigenvalue weighted by atomic mass is 10.9. The number of hydrogen-bond donors (Lipinski definition) is 0. The zero-order chi connectivity index (χ0) is 24.4. The van der Waals surface area contributed by atoms with Gasteiger partial charge < -0.3 is 34.2 Å². The Bertz CT molecular complexity index is 501. The van der Waals surface area contributed by atoms with Crippen LogP contribution in [0.4, 0.5) is 0 Å². The second-order valence-corrected chi connectivity index (χ2v) is 24.0. The second-order valence-electron chi connectivity index (χ2n) is 7.96. The normalized spacial score (nSPS) is 14.0. The van der Waals surface area contributed by atoms with Crippen LogP contribution >= 0.6 is 0 Å². The molecule has 0 unspecified atom stereocenters. The van der Waals surface area contributed by atoms with Crippen molar-refractivity contribution in [1.82, 2.24) is 0 Å². The van der Waals surface area contributed by atoms with Crippen molar-refractivity contribution >= 4 is 43.3 Å². The molecule has 0 aromatic heterocycles. The number of rotatable bonds is 18. The van der Waals surface area contributed by atoms with Gasteiger partial charge in [0.2, 0.25) is 0 Å². The molecule has 0 aliphatic carbocycles. The minimum absolute atomic E-state index is 0.469. The van der Waals surface area contributed by atoms with E-state index in [-0.39, 0.29) is 0 Å². The van der Waals surface area contributed by atoms with Gasteiger partial charge >= 0.3 is 43.3 Å². The third-order valence-corrected chi connectivity index (χ3v) is 21.5. The molecule has 0 saturated carbocycles. The van der Waals surface area contributed by atoms with Crippen LogP contribution in [0.15, 0.2) is 24.6 Å². The van der Waals surface area contributed by atoms with Gasteiger partial charge in [-0.25, -0.2) is 0 Å². The second kappa shape index (κ2) is 13.2. The van der Waals surface area contributed by atoms with Gasteiger partial charge in [-0.3, -0.25) is 0 Å². The van der Waals surface area contributed by atoms with E-state index >= 15 is 0 Å². The molecule has 0 fully saturated rings. The highest BCUT2D eigenvalue weighted by molar-refractivity contribution is 6.89. The zero-order valence-corrected chi connectivity index (χ0v) is 26.2. The fourth-order valence-electron chi connectivity index (χ4n) is 3.26. The summed E-state index contributed by atoms with van der Waals surface area (Å²) in [5.41, 5.74) is 3.31. The molecule has 0 spiro atoms. The van der Waals surface area contributed by atoms with E-state index in [0.29, 0.717) is 26.4 Å². The summed E-state index contributed by atoms with van der Waals surface area (Å²) < 4.78 is 49.2. The largest absolute Gasteiger partial charge is 0.520 e. The zero-order valence-electron chi connectivity index (χ0n) is 21.2. The van der Waals surface area contributed by atoms with Gasteiger partial charge in [-0.1, -0.05) is 13.2 Å². The first-order valence-corrected chi connectivity index (χ1v) is 22.9. The molecule has 0 radical (unpaired) electrons. The Balaban J connectivity index is 5.48. The van der Waals surface area contributed by atoms with Crippen molar-refractivity contribution in [3.05, 3.63) is 24.6 Å². The molecule has 0 saturated heterocycles. The Kier molecular flexibility index (Phi) is 13.3. The first-order chi connectivity index (χ1) is 14.2. The maximum atomic E-state index is 6.50. The summed E-state index contributed by atoms with van der Waals surface area (Å²) in [4.78, 5) is 0. The van der Waals surface area contributed by atoms with Crippen LogP contribution < -0.4 is 0 Å². The molecule has 13 heteroatoms. The maximum absolute atomic E-state index is 6.50. The lowest BCUT2D eigenvalue weighted by molar-refractivity contribution is 0.113. The Morgan fingerprint density at radius 3 is 0.903 bits per heavy atom. The maximum Gasteiger partial charge on any atom is 0.520 e. The highest BCUT2D eigenvalue weighted by Crippen LogP contribution is 2.27. The molecule has 0 bridgehead atoms. The van der Waals surface area contributed by atoms with Crippen molar-refractivity contribution in [2.75, 3.05) is 26.4 Å². The van der Waals surface area contributed by atoms with Gasteiger partial charge in [-0.2, -0.15) is 0 Å². The Morgan fingerprint density at radius 2 is 0.710 bits per heavy atom. The van der Waals surface area contributed by atoms with Gasteiger partial charge in [0.25, 0.3) is 0 Å². The summed E-state index contributed by atoms with van der Waals surface area (Å²) in [7, 11) is -14.1. The minimum atomic E-state index is -3.03. The van der Waals surface area contributed by atoms with Crippen LogP contribution in [0, 0.1) is 0 Å². The molecule has 31 heavy (non-hydrogen) atoms. The van der Waals surface area contributed by atoms with E-state index in [9.17, 15) is 0 Å². The Hall–Kier alpha value is 0.244. The van der Waals surface area contributed by atoms with Crippen molar-refractivity contribution in [1.29, 1.82) is 0 Å². The van der Waals surface area contributed by atoms with Gasteiger partial charge in [0.15, 0.2) is 0 Å². The monoisotopic (exact) mass is 528 g/mol. The molecule has 0 aliphatic rings. The molecule has 8 nitrogen and oxygen atoms in total. The third kappa shape index (κ3) is 11.3. The van der Waals surface area contributed by atoms with E-state index in [1.54, 1.807) is 11.4 Å². The molecular formula is C18H44O8Si5. The van der Waals surface area contributed by atoms with Crippen molar-refractivity contribution in [3.63, 3.8) is 0 Å². The lowest BCUT2D eigenvalue weighted by Gasteiger charge is -2.41. The molecule has 0 aromatic carbocycles. The molecule has 0 aliphatic heterocycles. The fraction of sp³-hybridized carbons (Fsp3) is 0.778. The summed E-state index contributed by atoms with van der Waals surface area (Å²) in [6, 6.07) is 0. The standard InChI is InChI=1S/C18H44O8Si5/c1-13-19-30(17-5,20-14-2)25-28(9,10)23-27(7,8)24-29(11,12)26-31(18-6,21-15-3)22-16-4/h17-18H,5-6,13-16H2,1-4,7-12H3. The summed E-state index contributed by atoms with van der Waals surface area (Å²) in [5, 5.41) is 0. The fourth-order valence-corrected chi connectivity index (χ4v) is 23.7. The average molecular weight is 529 g/mol. The molecule has 0 atom stereocenters. The van der Waals surface area contributed by atoms with Crippen LogP contribution in [0.1, 0.15) is 27.7 Å². The third-order valence-electron chi connectivity index (χ3n) is 3.64. The van der Waals surface area contributed by atoms with Gasteiger partial charge in [-0.05, 0) is 78.4 Å². The summed E-state index contributed by atoms with van der Waals surface area (Å²) >= 11 is 0. The van der Waals surface area contributed by atoms with E-state index < -0.39 is 43.3 Å². The lowest BCUT2D eigenvalue weighted by Crippen LogP contribution is -2.61. The summed E-state index contributed by atoms with van der Waals surface area (Å²) in [6.07, 6.45) is 0. The first-order valence-electron chi connectivity index (χ1n) is 10.8. The summed E-state index contributed by atoms with van der Waals surface area (Å²) in [6.45, 7) is 29.1. The molecule has 0 N–H and O–H groups in total. The minimum Gasteiger partial charge on any atom is -0.416 e. The highest BCUT2D eigenvalue weighted by atomic mass is 28.5. The highest BCUT2D eigenvalue weighted by Gasteiger charge is 2.51. The SMILES string of the molecule is C=C[Si](OCC)(OCC)O[Si](C)(C)O[Si](C)(C)O[Si](C)(C)O[Si](C=C)(OCC)OCC. The molecular weight excluding hydrogens is 485 g/mol. The molecule has 0 heterocycles. The molecule has 0 amide bonds. The van der Waals surface area contributed by atoms with E-state index in [2.05, 4.69) is 13.2 Å². The molecule has 0 rings (SSSR count). The van der Waals surface area contributed by atoms with E-state index in [0.717, 1.165) is 0 Å². The predicted molar refractivity (Wildman–Crippen MR) is 135 cm³/mol. The van der Waals surface area contributed by atoms with Crippen molar-refractivity contribution in [2.24, 2.45) is 0 Å².